The van der Waals surface area contributed by atoms with Crippen molar-refractivity contribution in [3.8, 4) is 11.5 Å². The third kappa shape index (κ3) is 5.10. The first-order chi connectivity index (χ1) is 13.7. The van der Waals surface area contributed by atoms with Crippen molar-refractivity contribution >= 4 is 5.97 Å². The Bertz CT molecular complexity index is 897. The minimum atomic E-state index is -0.446. The molecule has 144 valence electrons. The van der Waals surface area contributed by atoms with Crippen LogP contribution in [0.5, 0.6) is 11.5 Å². The first-order valence-corrected chi connectivity index (χ1v) is 9.04. The third-order valence-electron chi connectivity index (χ3n) is 4.41. The second-order valence-corrected chi connectivity index (χ2v) is 6.31. The summed E-state index contributed by atoms with van der Waals surface area (Å²) in [6.07, 6.45) is 3.78. The number of carbonyl (C=O) groups is 1. The Balaban J connectivity index is 1.83. The fourth-order valence-corrected chi connectivity index (χ4v) is 2.98. The van der Waals surface area contributed by atoms with Gasteiger partial charge in [-0.05, 0) is 41.0 Å². The van der Waals surface area contributed by atoms with Crippen LogP contribution in [0.4, 0.5) is 0 Å². The smallest absolute Gasteiger partial charge is 0.310 e. The maximum Gasteiger partial charge on any atom is 0.310 e. The number of carbonyl (C=O) groups excluding carboxylic acids is 1. The standard InChI is InChI=1S/C23H23NO4/c1-26-20-9-8-19(16-22(20)27-2)21(14-18-10-12-24-13-11-18)28-23(25)15-17-6-4-3-5-7-17/h3-13,16,21H,14-15H2,1-2H3. The number of pyridine rings is 1. The highest BCUT2D eigenvalue weighted by Gasteiger charge is 2.20. The lowest BCUT2D eigenvalue weighted by atomic mass is 10.0. The van der Waals surface area contributed by atoms with Gasteiger partial charge in [-0.15, -0.1) is 0 Å². The van der Waals surface area contributed by atoms with Crippen molar-refractivity contribution < 1.29 is 19.0 Å². The first-order valence-electron chi connectivity index (χ1n) is 9.04. The molecule has 1 heterocycles. The molecular formula is C23H23NO4. The highest BCUT2D eigenvalue weighted by atomic mass is 16.5. The van der Waals surface area contributed by atoms with Gasteiger partial charge in [0.25, 0.3) is 0 Å². The van der Waals surface area contributed by atoms with Crippen molar-refractivity contribution in [1.29, 1.82) is 0 Å². The maximum atomic E-state index is 12.6. The SMILES string of the molecule is COc1ccc(C(Cc2ccncc2)OC(=O)Cc2ccccc2)cc1OC. The van der Waals surface area contributed by atoms with Gasteiger partial charge >= 0.3 is 5.97 Å². The van der Waals surface area contributed by atoms with E-state index in [0.29, 0.717) is 17.9 Å². The lowest BCUT2D eigenvalue weighted by Crippen LogP contribution is -2.16. The molecule has 1 atom stereocenters. The van der Waals surface area contributed by atoms with E-state index in [1.165, 1.54) is 0 Å². The van der Waals surface area contributed by atoms with E-state index < -0.39 is 6.10 Å². The molecule has 2 aromatic carbocycles. The summed E-state index contributed by atoms with van der Waals surface area (Å²) >= 11 is 0. The molecule has 28 heavy (non-hydrogen) atoms. The Morgan fingerprint density at radius 1 is 0.893 bits per heavy atom. The molecule has 0 saturated heterocycles. The maximum absolute atomic E-state index is 12.6. The van der Waals surface area contributed by atoms with Crippen LogP contribution in [0, 0.1) is 0 Å². The molecule has 0 spiro atoms. The molecular weight excluding hydrogens is 354 g/mol. The van der Waals surface area contributed by atoms with E-state index in [0.717, 1.165) is 16.7 Å². The van der Waals surface area contributed by atoms with Crippen LogP contribution in [0.2, 0.25) is 0 Å². The summed E-state index contributed by atoms with van der Waals surface area (Å²) in [5, 5.41) is 0. The lowest BCUT2D eigenvalue weighted by molar-refractivity contribution is -0.148. The third-order valence-corrected chi connectivity index (χ3v) is 4.41. The van der Waals surface area contributed by atoms with E-state index in [-0.39, 0.29) is 12.4 Å². The molecule has 0 bridgehead atoms. The second-order valence-electron chi connectivity index (χ2n) is 6.31. The van der Waals surface area contributed by atoms with Gasteiger partial charge in [0.2, 0.25) is 0 Å². The topological polar surface area (TPSA) is 57.7 Å². The molecule has 0 radical (unpaired) electrons. The molecule has 1 unspecified atom stereocenters. The van der Waals surface area contributed by atoms with E-state index >= 15 is 0 Å². The van der Waals surface area contributed by atoms with Gasteiger partial charge in [-0.25, -0.2) is 0 Å². The van der Waals surface area contributed by atoms with Crippen LogP contribution < -0.4 is 9.47 Å². The molecule has 5 nitrogen and oxygen atoms in total. The first kappa shape index (κ1) is 19.4. The summed E-state index contributed by atoms with van der Waals surface area (Å²) in [6, 6.07) is 19.0. The number of benzene rings is 2. The number of ether oxygens (including phenoxy) is 3. The average molecular weight is 377 g/mol. The summed E-state index contributed by atoms with van der Waals surface area (Å²) in [7, 11) is 3.17. The Morgan fingerprint density at radius 2 is 1.61 bits per heavy atom. The van der Waals surface area contributed by atoms with Crippen molar-refractivity contribution in [2.75, 3.05) is 14.2 Å². The van der Waals surface area contributed by atoms with Crippen LogP contribution in [-0.2, 0) is 22.4 Å². The van der Waals surface area contributed by atoms with Gasteiger partial charge in [0, 0.05) is 18.8 Å². The predicted octanol–water partition coefficient (Wildman–Crippen LogP) is 4.17. The van der Waals surface area contributed by atoms with Crippen molar-refractivity contribution in [3.63, 3.8) is 0 Å². The van der Waals surface area contributed by atoms with Crippen LogP contribution in [0.15, 0.2) is 73.1 Å². The van der Waals surface area contributed by atoms with Crippen LogP contribution in [0.1, 0.15) is 22.8 Å². The molecule has 0 aliphatic heterocycles. The zero-order valence-corrected chi connectivity index (χ0v) is 16.0. The summed E-state index contributed by atoms with van der Waals surface area (Å²) < 4.78 is 16.6. The number of rotatable bonds is 8. The molecule has 1 aromatic heterocycles. The van der Waals surface area contributed by atoms with Gasteiger partial charge in [-0.2, -0.15) is 0 Å². The quantitative estimate of drug-likeness (QED) is 0.552. The molecule has 0 aliphatic carbocycles. The van der Waals surface area contributed by atoms with Gasteiger partial charge in [0.15, 0.2) is 11.5 Å². The molecule has 0 aliphatic rings. The zero-order valence-electron chi connectivity index (χ0n) is 16.0. The Labute approximate surface area is 164 Å². The average Bonchev–Trinajstić information content (AvgIpc) is 2.74. The number of nitrogens with zero attached hydrogens (tertiary/aromatic N) is 1. The van der Waals surface area contributed by atoms with Crippen molar-refractivity contribution in [3.05, 3.63) is 89.7 Å². The van der Waals surface area contributed by atoms with Crippen molar-refractivity contribution in [2.24, 2.45) is 0 Å². The normalized spacial score (nSPS) is 11.5. The van der Waals surface area contributed by atoms with Crippen LogP contribution >= 0.6 is 0 Å². The highest BCUT2D eigenvalue weighted by Crippen LogP contribution is 2.32. The molecule has 0 saturated carbocycles. The number of methoxy groups -OCH3 is 2. The molecule has 0 amide bonds. The monoisotopic (exact) mass is 377 g/mol. The Kier molecular flexibility index (Phi) is 6.63. The van der Waals surface area contributed by atoms with E-state index in [1.807, 2.05) is 60.7 Å². The van der Waals surface area contributed by atoms with E-state index in [2.05, 4.69) is 4.98 Å². The van der Waals surface area contributed by atoms with Crippen LogP contribution in [0.3, 0.4) is 0 Å². The predicted molar refractivity (Wildman–Crippen MR) is 106 cm³/mol. The van der Waals surface area contributed by atoms with Gasteiger partial charge in [-0.1, -0.05) is 36.4 Å². The van der Waals surface area contributed by atoms with Crippen molar-refractivity contribution in [1.82, 2.24) is 4.98 Å². The Hall–Kier alpha value is -3.34. The lowest BCUT2D eigenvalue weighted by Gasteiger charge is -2.20. The van der Waals surface area contributed by atoms with Gasteiger partial charge < -0.3 is 14.2 Å². The summed E-state index contributed by atoms with van der Waals surface area (Å²) in [5.74, 6) is 0.948. The minimum Gasteiger partial charge on any atom is -0.493 e. The van der Waals surface area contributed by atoms with E-state index in [9.17, 15) is 4.79 Å². The summed E-state index contributed by atoms with van der Waals surface area (Å²) in [4.78, 5) is 16.6. The Morgan fingerprint density at radius 3 is 2.29 bits per heavy atom. The van der Waals surface area contributed by atoms with Crippen LogP contribution in [-0.4, -0.2) is 25.2 Å². The number of aromatic nitrogens is 1. The minimum absolute atomic E-state index is 0.223. The fraction of sp³-hybridized carbons (Fsp3) is 0.217. The van der Waals surface area contributed by atoms with Crippen molar-refractivity contribution in [2.45, 2.75) is 18.9 Å². The second kappa shape index (κ2) is 9.55. The zero-order chi connectivity index (χ0) is 19.8. The molecule has 3 rings (SSSR count). The van der Waals surface area contributed by atoms with Gasteiger partial charge in [-0.3, -0.25) is 9.78 Å². The fourth-order valence-electron chi connectivity index (χ4n) is 2.98. The van der Waals surface area contributed by atoms with E-state index in [1.54, 1.807) is 26.6 Å². The van der Waals surface area contributed by atoms with Gasteiger partial charge in [0.1, 0.15) is 6.10 Å². The summed E-state index contributed by atoms with van der Waals surface area (Å²) in [6.45, 7) is 0. The molecule has 5 heteroatoms. The molecule has 0 fully saturated rings. The number of esters is 1. The highest BCUT2D eigenvalue weighted by molar-refractivity contribution is 5.73. The number of hydrogen-bond acceptors (Lipinski definition) is 5. The molecule has 3 aromatic rings. The van der Waals surface area contributed by atoms with E-state index in [4.69, 9.17) is 14.2 Å². The molecule has 0 N–H and O–H groups in total. The van der Waals surface area contributed by atoms with Crippen LogP contribution in [0.25, 0.3) is 0 Å². The number of hydrogen-bond donors (Lipinski definition) is 0. The van der Waals surface area contributed by atoms with Gasteiger partial charge in [0.05, 0.1) is 20.6 Å². The summed E-state index contributed by atoms with van der Waals surface area (Å²) in [5.41, 5.74) is 2.79. The largest absolute Gasteiger partial charge is 0.493 e.